The normalized spacial score (nSPS) is 22.0. The van der Waals surface area contributed by atoms with Gasteiger partial charge >= 0.3 is 0 Å². The molecule has 0 aliphatic carbocycles. The van der Waals surface area contributed by atoms with Crippen LogP contribution in [0.15, 0.2) is 36.4 Å². The molecule has 0 spiro atoms. The van der Waals surface area contributed by atoms with Crippen LogP contribution in [-0.4, -0.2) is 37.7 Å². The molecule has 0 saturated carbocycles. The van der Waals surface area contributed by atoms with E-state index in [9.17, 15) is 0 Å². The number of ether oxygens (including phenoxy) is 2. The molecule has 0 amide bonds. The molecule has 3 aliphatic rings. The first-order chi connectivity index (χ1) is 13.6. The third-order valence-corrected chi connectivity index (χ3v) is 6.47. The fourth-order valence-corrected chi connectivity index (χ4v) is 4.71. The summed E-state index contributed by atoms with van der Waals surface area (Å²) in [6.45, 7) is 4.76. The topological polar surface area (TPSA) is 33.7 Å². The van der Waals surface area contributed by atoms with Gasteiger partial charge in [-0.25, -0.2) is 0 Å². The van der Waals surface area contributed by atoms with E-state index >= 15 is 0 Å². The first-order valence-electron chi connectivity index (χ1n) is 9.82. The molecule has 1 atom stereocenters. The lowest BCUT2D eigenvalue weighted by molar-refractivity contribution is 0.0718. The highest BCUT2D eigenvalue weighted by Gasteiger charge is 2.33. The van der Waals surface area contributed by atoms with E-state index in [1.165, 1.54) is 25.9 Å². The first kappa shape index (κ1) is 25.4. The van der Waals surface area contributed by atoms with Gasteiger partial charge in [0.1, 0.15) is 6.61 Å². The molecule has 3 saturated heterocycles. The molecule has 3 aliphatic heterocycles. The number of rotatable bonds is 7. The van der Waals surface area contributed by atoms with Crippen LogP contribution >= 0.6 is 48.0 Å². The fourth-order valence-electron chi connectivity index (χ4n) is 4.25. The molecular weight excluding hydrogens is 466 g/mol. The van der Waals surface area contributed by atoms with E-state index in [1.807, 2.05) is 24.3 Å². The Balaban J connectivity index is 0.00000160. The molecular formula is C22H28Cl4N2O2. The average molecular weight is 494 g/mol. The van der Waals surface area contributed by atoms with Gasteiger partial charge in [-0.2, -0.15) is 0 Å². The number of hydrogen-bond acceptors (Lipinski definition) is 4. The van der Waals surface area contributed by atoms with E-state index in [0.717, 1.165) is 41.6 Å². The van der Waals surface area contributed by atoms with Gasteiger partial charge in [0.15, 0.2) is 11.5 Å². The predicted molar refractivity (Wildman–Crippen MR) is 128 cm³/mol. The average Bonchev–Trinajstić information content (AvgIpc) is 2.72. The Morgan fingerprint density at radius 3 is 2.47 bits per heavy atom. The lowest BCUT2D eigenvalue weighted by Gasteiger charge is -2.45. The van der Waals surface area contributed by atoms with E-state index in [0.29, 0.717) is 22.7 Å². The molecule has 2 aromatic rings. The Hall–Kier alpha value is -0.880. The summed E-state index contributed by atoms with van der Waals surface area (Å²) < 4.78 is 11.7. The second kappa shape index (κ2) is 11.7. The van der Waals surface area contributed by atoms with Crippen LogP contribution in [0.5, 0.6) is 11.5 Å². The van der Waals surface area contributed by atoms with E-state index in [2.05, 4.69) is 16.3 Å². The predicted octanol–water partition coefficient (Wildman–Crippen LogP) is 5.61. The fraction of sp³-hybridized carbons (Fsp3) is 0.455. The number of nitrogens with one attached hydrogen (secondary N) is 1. The van der Waals surface area contributed by atoms with Crippen LogP contribution in [0.25, 0.3) is 0 Å². The third-order valence-electron chi connectivity index (χ3n) is 5.88. The molecule has 0 aromatic heterocycles. The Morgan fingerprint density at radius 2 is 1.83 bits per heavy atom. The van der Waals surface area contributed by atoms with Gasteiger partial charge in [-0.3, -0.25) is 0 Å². The van der Waals surface area contributed by atoms with Gasteiger partial charge in [0.2, 0.25) is 0 Å². The van der Waals surface area contributed by atoms with Crippen molar-refractivity contribution in [3.63, 3.8) is 0 Å². The highest BCUT2D eigenvalue weighted by atomic mass is 35.5. The zero-order valence-electron chi connectivity index (χ0n) is 16.9. The Kier molecular flexibility index (Phi) is 9.86. The molecule has 3 heterocycles. The summed E-state index contributed by atoms with van der Waals surface area (Å²) >= 11 is 12.3. The van der Waals surface area contributed by atoms with Crippen molar-refractivity contribution in [2.24, 2.45) is 5.92 Å². The van der Waals surface area contributed by atoms with Crippen LogP contribution in [0.3, 0.4) is 0 Å². The van der Waals surface area contributed by atoms with Gasteiger partial charge in [-0.05, 0) is 50.0 Å². The molecule has 1 unspecified atom stereocenters. The minimum absolute atomic E-state index is 0. The number of nitrogens with zero attached hydrogens (tertiary/aromatic N) is 1. The summed E-state index contributed by atoms with van der Waals surface area (Å²) in [5.74, 6) is 2.29. The smallest absolute Gasteiger partial charge is 0.166 e. The minimum atomic E-state index is 0. The first-order valence-corrected chi connectivity index (χ1v) is 10.6. The molecule has 8 heteroatoms. The quantitative estimate of drug-likeness (QED) is 0.543. The van der Waals surface area contributed by atoms with Gasteiger partial charge in [0.25, 0.3) is 0 Å². The van der Waals surface area contributed by atoms with Crippen molar-refractivity contribution < 1.29 is 9.47 Å². The monoisotopic (exact) mass is 492 g/mol. The van der Waals surface area contributed by atoms with Crippen molar-refractivity contribution in [1.29, 1.82) is 0 Å². The van der Waals surface area contributed by atoms with Crippen LogP contribution in [0.2, 0.25) is 10.0 Å². The van der Waals surface area contributed by atoms with Crippen LogP contribution in [0.1, 0.15) is 24.0 Å². The number of benzene rings is 2. The number of hydrogen-bond donors (Lipinski definition) is 1. The molecule has 2 aromatic carbocycles. The van der Waals surface area contributed by atoms with Crippen LogP contribution in [0.4, 0.5) is 0 Å². The zero-order chi connectivity index (χ0) is 19.5. The van der Waals surface area contributed by atoms with Gasteiger partial charge in [0, 0.05) is 40.3 Å². The van der Waals surface area contributed by atoms with Gasteiger partial charge < -0.3 is 19.7 Å². The Morgan fingerprint density at radius 1 is 1.07 bits per heavy atom. The van der Waals surface area contributed by atoms with E-state index < -0.39 is 0 Å². The largest absolute Gasteiger partial charge is 0.493 e. The molecule has 1 N–H and O–H groups in total. The van der Waals surface area contributed by atoms with Crippen molar-refractivity contribution in [2.45, 2.75) is 32.0 Å². The third kappa shape index (κ3) is 5.87. The van der Waals surface area contributed by atoms with Gasteiger partial charge in [0.05, 0.1) is 7.11 Å². The highest BCUT2D eigenvalue weighted by Crippen LogP contribution is 2.34. The summed E-state index contributed by atoms with van der Waals surface area (Å²) in [6.07, 6.45) is 2.60. The summed E-state index contributed by atoms with van der Waals surface area (Å²) in [6, 6.07) is 12.0. The van der Waals surface area contributed by atoms with Crippen LogP contribution in [0, 0.1) is 5.92 Å². The number of methoxy groups -OCH3 is 1. The maximum atomic E-state index is 6.30. The summed E-state index contributed by atoms with van der Waals surface area (Å²) in [5.41, 5.74) is 1.99. The van der Waals surface area contributed by atoms with E-state index in [1.54, 1.807) is 13.2 Å². The standard InChI is InChI=1S/C22H26Cl2N2O2.2ClH/c1-27-21-4-2-3-16(12-25-20-13-26-9-7-15(20)8-10-26)22(21)28-14-17-5-6-18(23)11-19(17)24;;/h2-6,11,15,20,25H,7-10,12-14H2,1H3;2*1H. The number of fused-ring (bicyclic) bond motifs is 3. The lowest BCUT2D eigenvalue weighted by Crippen LogP contribution is -2.55. The van der Waals surface area contributed by atoms with Crippen molar-refractivity contribution in [3.8, 4) is 11.5 Å². The van der Waals surface area contributed by atoms with E-state index in [4.69, 9.17) is 32.7 Å². The molecule has 3 fully saturated rings. The molecule has 0 radical (unpaired) electrons. The van der Waals surface area contributed by atoms with Crippen molar-refractivity contribution in [1.82, 2.24) is 10.2 Å². The molecule has 30 heavy (non-hydrogen) atoms. The molecule has 166 valence electrons. The molecule has 5 rings (SSSR count). The van der Waals surface area contributed by atoms with Crippen molar-refractivity contribution in [3.05, 3.63) is 57.6 Å². The van der Waals surface area contributed by atoms with Crippen LogP contribution in [-0.2, 0) is 13.2 Å². The Bertz CT molecular complexity index is 829. The van der Waals surface area contributed by atoms with Crippen molar-refractivity contribution >= 4 is 48.0 Å². The zero-order valence-corrected chi connectivity index (χ0v) is 20.0. The highest BCUT2D eigenvalue weighted by molar-refractivity contribution is 6.35. The second-order valence-corrected chi connectivity index (χ2v) is 8.44. The maximum Gasteiger partial charge on any atom is 0.166 e. The Labute approximate surface area is 201 Å². The summed E-state index contributed by atoms with van der Waals surface area (Å²) in [7, 11) is 1.67. The van der Waals surface area contributed by atoms with Gasteiger partial charge in [-0.15, -0.1) is 24.8 Å². The summed E-state index contributed by atoms with van der Waals surface area (Å²) in [5, 5.41) is 4.98. The SMILES string of the molecule is COc1cccc(CNC2CN3CCC2CC3)c1OCc1ccc(Cl)cc1Cl.Cl.Cl. The number of piperidine rings is 3. The summed E-state index contributed by atoms with van der Waals surface area (Å²) in [4.78, 5) is 2.56. The second-order valence-electron chi connectivity index (χ2n) is 7.60. The maximum absolute atomic E-state index is 6.30. The lowest BCUT2D eigenvalue weighted by atomic mass is 9.84. The molecule has 4 nitrogen and oxygen atoms in total. The van der Waals surface area contributed by atoms with Crippen molar-refractivity contribution in [2.75, 3.05) is 26.7 Å². The van der Waals surface area contributed by atoms with Crippen LogP contribution < -0.4 is 14.8 Å². The molecule has 2 bridgehead atoms. The number of halogens is 4. The minimum Gasteiger partial charge on any atom is -0.493 e. The van der Waals surface area contributed by atoms with Gasteiger partial charge in [-0.1, -0.05) is 41.4 Å². The number of para-hydroxylation sites is 1. The van der Waals surface area contributed by atoms with E-state index in [-0.39, 0.29) is 24.8 Å².